The van der Waals surface area contributed by atoms with Crippen molar-refractivity contribution in [3.8, 4) is 5.75 Å². The highest BCUT2D eigenvalue weighted by atomic mass is 16.5. The first-order valence-corrected chi connectivity index (χ1v) is 7.95. The lowest BCUT2D eigenvalue weighted by Crippen LogP contribution is -2.24. The summed E-state index contributed by atoms with van der Waals surface area (Å²) < 4.78 is 6.68. The van der Waals surface area contributed by atoms with E-state index in [4.69, 9.17) is 4.74 Å². The van der Waals surface area contributed by atoms with E-state index >= 15 is 0 Å². The van der Waals surface area contributed by atoms with E-state index in [9.17, 15) is 9.59 Å². The molecule has 2 heterocycles. The molecule has 0 aliphatic carbocycles. The average Bonchev–Trinajstić information content (AvgIpc) is 3.06. The number of nitrogens with one attached hydrogen (secondary N) is 2. The molecule has 0 fully saturated rings. The summed E-state index contributed by atoms with van der Waals surface area (Å²) in [6, 6.07) is 12.2. The molecule has 26 heavy (non-hydrogen) atoms. The normalized spacial score (nSPS) is 10.3. The highest BCUT2D eigenvalue weighted by Gasteiger charge is 2.21. The van der Waals surface area contributed by atoms with Crippen LogP contribution in [0.5, 0.6) is 5.75 Å². The first-order valence-electron chi connectivity index (χ1n) is 7.95. The first kappa shape index (κ1) is 17.2. The van der Waals surface area contributed by atoms with E-state index in [-0.39, 0.29) is 17.4 Å². The summed E-state index contributed by atoms with van der Waals surface area (Å²) in [6.45, 7) is 3.89. The monoisotopic (exact) mass is 350 g/mol. The molecule has 0 atom stereocenters. The number of aromatic nitrogens is 2. The zero-order chi connectivity index (χ0) is 18.5. The molecule has 7 nitrogen and oxygen atoms in total. The molecule has 2 amide bonds. The third-order valence-electron chi connectivity index (χ3n) is 3.72. The van der Waals surface area contributed by atoms with E-state index in [1.54, 1.807) is 66.2 Å². The van der Waals surface area contributed by atoms with Crippen molar-refractivity contribution < 1.29 is 14.3 Å². The summed E-state index contributed by atoms with van der Waals surface area (Å²) in [4.78, 5) is 29.2. The number of pyridine rings is 1. The van der Waals surface area contributed by atoms with Gasteiger partial charge in [-0.15, -0.1) is 6.58 Å². The Balaban J connectivity index is 1.92. The number of rotatable bonds is 6. The number of carbonyl (C=O) groups is 2. The van der Waals surface area contributed by atoms with Gasteiger partial charge in [0.2, 0.25) is 5.82 Å². The zero-order valence-electron chi connectivity index (χ0n) is 14.2. The fourth-order valence-electron chi connectivity index (χ4n) is 2.48. The number of ether oxygens (including phenoxy) is 1. The number of hydrogen-bond donors (Lipinski definition) is 2. The summed E-state index contributed by atoms with van der Waals surface area (Å²) in [5.41, 5.74) is 1.34. The van der Waals surface area contributed by atoms with Crippen LogP contribution < -0.4 is 15.4 Å². The molecule has 2 N–H and O–H groups in total. The quantitative estimate of drug-likeness (QED) is 0.669. The first-order chi connectivity index (χ1) is 12.6. The third-order valence-corrected chi connectivity index (χ3v) is 3.72. The maximum absolute atomic E-state index is 12.7. The molecule has 0 unspecified atom stereocenters. The topological polar surface area (TPSA) is 84.7 Å². The maximum Gasteiger partial charge on any atom is 0.292 e. The van der Waals surface area contributed by atoms with Crippen LogP contribution in [-0.4, -0.2) is 34.9 Å². The predicted octanol–water partition coefficient (Wildman–Crippen LogP) is 2.51. The standard InChI is InChI=1S/C19H18N4O3/c1-3-11-20-18(24)16-15-6-4-5-12-23(15)17(22-16)19(25)21-13-7-9-14(26-2)10-8-13/h3-10,12H,1,11H2,2H3,(H,20,24)(H,21,25). The Hall–Kier alpha value is -3.61. The van der Waals surface area contributed by atoms with E-state index in [2.05, 4.69) is 22.2 Å². The molecule has 7 heteroatoms. The Kier molecular flexibility index (Phi) is 4.98. The number of benzene rings is 1. The van der Waals surface area contributed by atoms with Gasteiger partial charge in [0.25, 0.3) is 11.8 Å². The van der Waals surface area contributed by atoms with Gasteiger partial charge >= 0.3 is 0 Å². The number of nitrogens with zero attached hydrogens (tertiary/aromatic N) is 2. The summed E-state index contributed by atoms with van der Waals surface area (Å²) in [7, 11) is 1.57. The fourth-order valence-corrected chi connectivity index (χ4v) is 2.48. The van der Waals surface area contributed by atoms with Crippen LogP contribution in [0.15, 0.2) is 61.3 Å². The minimum Gasteiger partial charge on any atom is -0.497 e. The second kappa shape index (κ2) is 7.52. The van der Waals surface area contributed by atoms with E-state index < -0.39 is 5.91 Å². The molecule has 132 valence electrons. The Labute approximate surface area is 150 Å². The van der Waals surface area contributed by atoms with Gasteiger partial charge in [0.05, 0.1) is 12.6 Å². The summed E-state index contributed by atoms with van der Waals surface area (Å²) in [5.74, 6) is 0.0341. The lowest BCUT2D eigenvalue weighted by atomic mass is 10.3. The largest absolute Gasteiger partial charge is 0.497 e. The Morgan fingerprint density at radius 3 is 2.65 bits per heavy atom. The Morgan fingerprint density at radius 2 is 1.96 bits per heavy atom. The van der Waals surface area contributed by atoms with Crippen molar-refractivity contribution in [2.24, 2.45) is 0 Å². The molecule has 0 spiro atoms. The average molecular weight is 350 g/mol. The van der Waals surface area contributed by atoms with E-state index in [0.717, 1.165) is 0 Å². The number of methoxy groups -OCH3 is 1. The van der Waals surface area contributed by atoms with Crippen LogP contribution in [0.25, 0.3) is 5.52 Å². The molecule has 1 aromatic carbocycles. The Bertz CT molecular complexity index is 961. The van der Waals surface area contributed by atoms with Crippen molar-refractivity contribution in [1.82, 2.24) is 14.7 Å². The third kappa shape index (κ3) is 3.41. The summed E-state index contributed by atoms with van der Waals surface area (Å²) in [5, 5.41) is 5.45. The fraction of sp³-hybridized carbons (Fsp3) is 0.105. The number of fused-ring (bicyclic) bond motifs is 1. The zero-order valence-corrected chi connectivity index (χ0v) is 14.2. The predicted molar refractivity (Wildman–Crippen MR) is 98.7 cm³/mol. The van der Waals surface area contributed by atoms with Gasteiger partial charge in [0.1, 0.15) is 5.75 Å². The van der Waals surface area contributed by atoms with Crippen LogP contribution in [0.3, 0.4) is 0 Å². The lowest BCUT2D eigenvalue weighted by Gasteiger charge is -2.05. The molecular weight excluding hydrogens is 332 g/mol. The molecule has 0 aliphatic heterocycles. The molecule has 0 saturated heterocycles. The molecule has 3 rings (SSSR count). The number of imidazole rings is 1. The second-order valence-corrected chi connectivity index (χ2v) is 5.42. The van der Waals surface area contributed by atoms with Crippen molar-refractivity contribution in [3.05, 3.63) is 72.8 Å². The number of carbonyl (C=O) groups excluding carboxylic acids is 2. The minimum absolute atomic E-state index is 0.125. The van der Waals surface area contributed by atoms with E-state index in [1.165, 1.54) is 0 Å². The maximum atomic E-state index is 12.7. The smallest absolute Gasteiger partial charge is 0.292 e. The van der Waals surface area contributed by atoms with Gasteiger partial charge in [-0.3, -0.25) is 14.0 Å². The van der Waals surface area contributed by atoms with Crippen LogP contribution >= 0.6 is 0 Å². The molecule has 2 aromatic heterocycles. The number of hydrogen-bond acceptors (Lipinski definition) is 4. The Morgan fingerprint density at radius 1 is 1.19 bits per heavy atom. The van der Waals surface area contributed by atoms with Crippen molar-refractivity contribution in [2.45, 2.75) is 0 Å². The van der Waals surface area contributed by atoms with Gasteiger partial charge < -0.3 is 15.4 Å². The molecule has 0 radical (unpaired) electrons. The molecule has 0 saturated carbocycles. The van der Waals surface area contributed by atoms with Gasteiger partial charge in [-0.1, -0.05) is 12.1 Å². The van der Waals surface area contributed by atoms with Gasteiger partial charge in [0.15, 0.2) is 5.69 Å². The van der Waals surface area contributed by atoms with Gasteiger partial charge in [0, 0.05) is 18.4 Å². The minimum atomic E-state index is -0.417. The molecule has 3 aromatic rings. The highest BCUT2D eigenvalue weighted by molar-refractivity contribution is 6.06. The van der Waals surface area contributed by atoms with Crippen LogP contribution in [0, 0.1) is 0 Å². The van der Waals surface area contributed by atoms with Gasteiger partial charge in [-0.2, -0.15) is 0 Å². The highest BCUT2D eigenvalue weighted by Crippen LogP contribution is 2.18. The number of anilines is 1. The van der Waals surface area contributed by atoms with Crippen LogP contribution in [0.4, 0.5) is 5.69 Å². The van der Waals surface area contributed by atoms with Crippen LogP contribution in [0.2, 0.25) is 0 Å². The van der Waals surface area contributed by atoms with E-state index in [0.29, 0.717) is 23.5 Å². The van der Waals surface area contributed by atoms with Gasteiger partial charge in [-0.25, -0.2) is 4.98 Å². The molecular formula is C19H18N4O3. The lowest BCUT2D eigenvalue weighted by molar-refractivity contribution is 0.0955. The summed E-state index contributed by atoms with van der Waals surface area (Å²) in [6.07, 6.45) is 3.27. The van der Waals surface area contributed by atoms with Gasteiger partial charge in [-0.05, 0) is 36.4 Å². The van der Waals surface area contributed by atoms with Crippen molar-refractivity contribution in [2.75, 3.05) is 19.0 Å². The molecule has 0 bridgehead atoms. The SMILES string of the molecule is C=CCNC(=O)c1nc(C(=O)Nc2ccc(OC)cc2)n2ccccc12. The number of amides is 2. The second-order valence-electron chi connectivity index (χ2n) is 5.42. The van der Waals surface area contributed by atoms with Crippen molar-refractivity contribution in [1.29, 1.82) is 0 Å². The van der Waals surface area contributed by atoms with Crippen LogP contribution in [-0.2, 0) is 0 Å². The summed E-state index contributed by atoms with van der Waals surface area (Å²) >= 11 is 0. The van der Waals surface area contributed by atoms with Crippen molar-refractivity contribution in [3.63, 3.8) is 0 Å². The molecule has 0 aliphatic rings. The van der Waals surface area contributed by atoms with E-state index in [1.807, 2.05) is 0 Å². The van der Waals surface area contributed by atoms with Crippen molar-refractivity contribution >= 4 is 23.0 Å². The van der Waals surface area contributed by atoms with Crippen LogP contribution in [0.1, 0.15) is 21.1 Å².